The Labute approximate surface area is 105 Å². The maximum Gasteiger partial charge on any atom is 0.0625 e. The molecule has 2 rings (SSSR count). The molecular weight excluding hydrogens is 210 g/mol. The molecule has 1 N–H and O–H groups in total. The molecule has 1 aromatic rings. The van der Waals surface area contributed by atoms with Gasteiger partial charge in [-0.1, -0.05) is 19.8 Å². The van der Waals surface area contributed by atoms with Crippen molar-refractivity contribution >= 4 is 0 Å². The van der Waals surface area contributed by atoms with E-state index in [9.17, 15) is 0 Å². The van der Waals surface area contributed by atoms with Crippen molar-refractivity contribution in [1.29, 1.82) is 0 Å². The molecule has 1 aromatic heterocycles. The van der Waals surface area contributed by atoms with Gasteiger partial charge in [0.05, 0.1) is 17.4 Å². The van der Waals surface area contributed by atoms with E-state index >= 15 is 0 Å². The Hall–Kier alpha value is -0.830. The van der Waals surface area contributed by atoms with Gasteiger partial charge in [-0.15, -0.1) is 0 Å². The molecule has 1 unspecified atom stereocenters. The summed E-state index contributed by atoms with van der Waals surface area (Å²) >= 11 is 0. The summed E-state index contributed by atoms with van der Waals surface area (Å²) in [5.74, 6) is 0.798. The maximum atomic E-state index is 4.66. The maximum absolute atomic E-state index is 4.66. The van der Waals surface area contributed by atoms with Crippen LogP contribution in [0.5, 0.6) is 0 Å². The van der Waals surface area contributed by atoms with E-state index in [1.54, 1.807) is 0 Å². The number of hydrogen-bond acceptors (Lipinski definition) is 2. The number of nitrogens with one attached hydrogen (secondary N) is 1. The van der Waals surface area contributed by atoms with Gasteiger partial charge in [-0.05, 0) is 45.2 Å². The van der Waals surface area contributed by atoms with Crippen LogP contribution in [0.3, 0.4) is 0 Å². The lowest BCUT2D eigenvalue weighted by molar-refractivity contribution is 0.366. The summed E-state index contributed by atoms with van der Waals surface area (Å²) in [5.41, 5.74) is 2.61. The fourth-order valence-corrected chi connectivity index (χ4v) is 3.08. The average Bonchev–Trinajstić information content (AvgIpc) is 2.99. The Bertz CT molecular complexity index is 350. The summed E-state index contributed by atoms with van der Waals surface area (Å²) in [6.07, 6.45) is 6.54. The standard InChI is InChI=1S/C14H25N3/c1-4-12-10-13(17(5-2)16-12)14(15-3)11-8-6-7-9-11/h10-11,14-15H,4-9H2,1-3H3. The average molecular weight is 235 g/mol. The molecule has 1 aliphatic carbocycles. The molecule has 1 heterocycles. The first-order valence-corrected chi connectivity index (χ1v) is 7.04. The third-order valence-electron chi connectivity index (χ3n) is 4.02. The van der Waals surface area contributed by atoms with Crippen LogP contribution in [-0.4, -0.2) is 16.8 Å². The molecule has 0 spiro atoms. The van der Waals surface area contributed by atoms with Gasteiger partial charge < -0.3 is 5.32 Å². The smallest absolute Gasteiger partial charge is 0.0625 e. The van der Waals surface area contributed by atoms with Crippen molar-refractivity contribution < 1.29 is 0 Å². The van der Waals surface area contributed by atoms with Crippen LogP contribution in [0.15, 0.2) is 6.07 Å². The predicted molar refractivity (Wildman–Crippen MR) is 71.0 cm³/mol. The van der Waals surface area contributed by atoms with E-state index < -0.39 is 0 Å². The van der Waals surface area contributed by atoms with Gasteiger partial charge in [0.15, 0.2) is 0 Å². The minimum absolute atomic E-state index is 0.491. The number of aromatic nitrogens is 2. The van der Waals surface area contributed by atoms with Crippen LogP contribution in [0.25, 0.3) is 0 Å². The zero-order chi connectivity index (χ0) is 12.3. The van der Waals surface area contributed by atoms with E-state index in [0.717, 1.165) is 18.9 Å². The first-order chi connectivity index (χ1) is 8.30. The fraction of sp³-hybridized carbons (Fsp3) is 0.786. The van der Waals surface area contributed by atoms with Gasteiger partial charge in [0.2, 0.25) is 0 Å². The quantitative estimate of drug-likeness (QED) is 0.850. The second kappa shape index (κ2) is 5.67. The van der Waals surface area contributed by atoms with E-state index in [1.165, 1.54) is 37.1 Å². The second-order valence-corrected chi connectivity index (χ2v) is 5.04. The molecule has 1 fully saturated rings. The van der Waals surface area contributed by atoms with Gasteiger partial charge in [0.1, 0.15) is 0 Å². The van der Waals surface area contributed by atoms with E-state index in [0.29, 0.717) is 6.04 Å². The summed E-state index contributed by atoms with van der Waals surface area (Å²) in [6.45, 7) is 5.33. The van der Waals surface area contributed by atoms with Crippen LogP contribution < -0.4 is 5.32 Å². The van der Waals surface area contributed by atoms with E-state index in [2.05, 4.69) is 42.1 Å². The molecule has 3 nitrogen and oxygen atoms in total. The monoisotopic (exact) mass is 235 g/mol. The molecule has 1 saturated carbocycles. The van der Waals surface area contributed by atoms with Crippen LogP contribution in [0, 0.1) is 5.92 Å². The van der Waals surface area contributed by atoms with E-state index in [4.69, 9.17) is 0 Å². The van der Waals surface area contributed by atoms with Crippen molar-refractivity contribution in [3.63, 3.8) is 0 Å². The second-order valence-electron chi connectivity index (χ2n) is 5.04. The summed E-state index contributed by atoms with van der Waals surface area (Å²) in [7, 11) is 2.08. The summed E-state index contributed by atoms with van der Waals surface area (Å²) in [5, 5.41) is 8.18. The van der Waals surface area contributed by atoms with Crippen LogP contribution >= 0.6 is 0 Å². The van der Waals surface area contributed by atoms with Crippen molar-refractivity contribution in [2.24, 2.45) is 5.92 Å². The number of hydrogen-bond donors (Lipinski definition) is 1. The highest BCUT2D eigenvalue weighted by molar-refractivity contribution is 5.16. The van der Waals surface area contributed by atoms with Crippen molar-refractivity contribution in [2.75, 3.05) is 7.05 Å². The van der Waals surface area contributed by atoms with Crippen molar-refractivity contribution in [2.45, 2.75) is 58.5 Å². The van der Waals surface area contributed by atoms with Crippen LogP contribution in [0.4, 0.5) is 0 Å². The molecule has 0 amide bonds. The topological polar surface area (TPSA) is 29.9 Å². The van der Waals surface area contributed by atoms with Crippen molar-refractivity contribution in [3.05, 3.63) is 17.5 Å². The van der Waals surface area contributed by atoms with Crippen molar-refractivity contribution in [1.82, 2.24) is 15.1 Å². The predicted octanol–water partition coefficient (Wildman–Crippen LogP) is 2.92. The first kappa shape index (κ1) is 12.6. The highest BCUT2D eigenvalue weighted by Gasteiger charge is 2.27. The highest BCUT2D eigenvalue weighted by atomic mass is 15.3. The van der Waals surface area contributed by atoms with E-state index in [-0.39, 0.29) is 0 Å². The van der Waals surface area contributed by atoms with Gasteiger partial charge in [0, 0.05) is 6.54 Å². The lowest BCUT2D eigenvalue weighted by atomic mass is 9.95. The molecule has 0 aromatic carbocycles. The van der Waals surface area contributed by atoms with Gasteiger partial charge in [0.25, 0.3) is 0 Å². The summed E-state index contributed by atoms with van der Waals surface area (Å²) in [6, 6.07) is 2.79. The molecule has 0 saturated heterocycles. The Balaban J connectivity index is 2.25. The van der Waals surface area contributed by atoms with Gasteiger partial charge in [-0.2, -0.15) is 5.10 Å². The number of aryl methyl sites for hydroxylation is 2. The number of nitrogens with zero attached hydrogens (tertiary/aromatic N) is 2. The molecule has 96 valence electrons. The molecule has 0 bridgehead atoms. The normalized spacial score (nSPS) is 18.8. The fourth-order valence-electron chi connectivity index (χ4n) is 3.08. The minimum Gasteiger partial charge on any atom is -0.311 e. The van der Waals surface area contributed by atoms with Crippen LogP contribution in [0.1, 0.15) is 57.0 Å². The van der Waals surface area contributed by atoms with Crippen LogP contribution in [0.2, 0.25) is 0 Å². The molecule has 3 heteroatoms. The molecule has 1 atom stereocenters. The largest absolute Gasteiger partial charge is 0.311 e. The minimum atomic E-state index is 0.491. The zero-order valence-corrected chi connectivity index (χ0v) is 11.4. The number of rotatable bonds is 5. The Kier molecular flexibility index (Phi) is 4.21. The molecule has 0 aliphatic heterocycles. The van der Waals surface area contributed by atoms with Crippen molar-refractivity contribution in [3.8, 4) is 0 Å². The molecular formula is C14H25N3. The molecule has 17 heavy (non-hydrogen) atoms. The molecule has 0 radical (unpaired) electrons. The Morgan fingerprint density at radius 3 is 2.65 bits per heavy atom. The third-order valence-corrected chi connectivity index (χ3v) is 4.02. The summed E-state index contributed by atoms with van der Waals surface area (Å²) in [4.78, 5) is 0. The third kappa shape index (κ3) is 2.54. The lowest BCUT2D eigenvalue weighted by Gasteiger charge is -2.23. The van der Waals surface area contributed by atoms with Gasteiger partial charge in [-0.3, -0.25) is 4.68 Å². The lowest BCUT2D eigenvalue weighted by Crippen LogP contribution is -2.26. The van der Waals surface area contributed by atoms with Gasteiger partial charge >= 0.3 is 0 Å². The van der Waals surface area contributed by atoms with E-state index in [1.807, 2.05) is 0 Å². The zero-order valence-electron chi connectivity index (χ0n) is 11.4. The highest BCUT2D eigenvalue weighted by Crippen LogP contribution is 2.35. The Morgan fingerprint density at radius 1 is 1.41 bits per heavy atom. The SMILES string of the molecule is CCc1cc(C(NC)C2CCCC2)n(CC)n1. The first-order valence-electron chi connectivity index (χ1n) is 7.04. The Morgan fingerprint density at radius 2 is 2.12 bits per heavy atom. The molecule has 1 aliphatic rings. The van der Waals surface area contributed by atoms with Crippen LogP contribution in [-0.2, 0) is 13.0 Å². The summed E-state index contributed by atoms with van der Waals surface area (Å²) < 4.78 is 2.18. The van der Waals surface area contributed by atoms with Gasteiger partial charge in [-0.25, -0.2) is 0 Å².